The molecule has 0 amide bonds. The van der Waals surface area contributed by atoms with Crippen molar-refractivity contribution in [2.45, 2.75) is 13.0 Å². The summed E-state index contributed by atoms with van der Waals surface area (Å²) >= 11 is 3.30. The van der Waals surface area contributed by atoms with E-state index in [1.807, 2.05) is 19.1 Å². The molecule has 2 aromatic rings. The quantitative estimate of drug-likeness (QED) is 0.870. The van der Waals surface area contributed by atoms with E-state index in [1.54, 1.807) is 13.3 Å². The summed E-state index contributed by atoms with van der Waals surface area (Å²) in [6, 6.07) is 3.48. The largest absolute Gasteiger partial charge is 0.480 e. The lowest BCUT2D eigenvalue weighted by molar-refractivity contribution is 0.347. The van der Waals surface area contributed by atoms with E-state index in [2.05, 4.69) is 31.2 Å². The second-order valence-electron chi connectivity index (χ2n) is 3.94. The maximum Gasteiger partial charge on any atom is 0.240 e. The van der Waals surface area contributed by atoms with Crippen LogP contribution >= 0.6 is 15.9 Å². The number of halogens is 1. The zero-order valence-corrected chi connectivity index (χ0v) is 13.1. The van der Waals surface area contributed by atoms with Crippen molar-refractivity contribution in [3.8, 4) is 11.8 Å². The van der Waals surface area contributed by atoms with Gasteiger partial charge in [0.25, 0.3) is 0 Å². The third-order valence-electron chi connectivity index (χ3n) is 2.71. The molecule has 0 fully saturated rings. The van der Waals surface area contributed by atoms with Gasteiger partial charge in [0, 0.05) is 0 Å². The molecule has 2 rings (SSSR count). The van der Waals surface area contributed by atoms with Crippen LogP contribution in [0.5, 0.6) is 11.8 Å². The highest BCUT2D eigenvalue weighted by Crippen LogP contribution is 2.30. The zero-order valence-electron chi connectivity index (χ0n) is 11.5. The number of nitrogens with zero attached hydrogens (tertiary/aromatic N) is 2. The average molecular weight is 342 g/mol. The molecule has 0 spiro atoms. The summed E-state index contributed by atoms with van der Waals surface area (Å²) in [5.41, 5.74) is 0.650. The lowest BCUT2D eigenvalue weighted by atomic mass is 10.1. The first-order valence-corrected chi connectivity index (χ1v) is 6.92. The van der Waals surface area contributed by atoms with Crippen molar-refractivity contribution in [1.29, 1.82) is 0 Å². The summed E-state index contributed by atoms with van der Waals surface area (Å²) in [6.07, 6.45) is 1.56. The second-order valence-corrected chi connectivity index (χ2v) is 4.72. The maximum atomic E-state index is 5.61. The molecule has 2 heterocycles. The molecule has 0 saturated heterocycles. The van der Waals surface area contributed by atoms with Crippen LogP contribution in [0, 0.1) is 0 Å². The summed E-state index contributed by atoms with van der Waals surface area (Å²) in [5.74, 6) is 1.54. The molecular weight excluding hydrogens is 326 g/mol. The molecular formula is C13H16BrN3O3. The van der Waals surface area contributed by atoms with Gasteiger partial charge in [-0.25, -0.2) is 4.98 Å². The Bertz CT molecular complexity index is 574. The molecule has 0 radical (unpaired) electrons. The number of nitrogens with one attached hydrogen (secondary N) is 1. The van der Waals surface area contributed by atoms with E-state index in [1.165, 1.54) is 7.11 Å². The van der Waals surface area contributed by atoms with Crippen molar-refractivity contribution in [2.75, 3.05) is 20.8 Å². The first-order valence-electron chi connectivity index (χ1n) is 6.13. The van der Waals surface area contributed by atoms with E-state index < -0.39 is 0 Å². The predicted octanol–water partition coefficient (Wildman–Crippen LogP) is 2.55. The molecule has 108 valence electrons. The molecule has 0 aliphatic heterocycles. The van der Waals surface area contributed by atoms with E-state index >= 15 is 0 Å². The van der Waals surface area contributed by atoms with Gasteiger partial charge >= 0.3 is 0 Å². The van der Waals surface area contributed by atoms with Gasteiger partial charge < -0.3 is 19.2 Å². The Hall–Kier alpha value is -1.60. The summed E-state index contributed by atoms with van der Waals surface area (Å²) in [5, 5.41) is 3.30. The Balaban J connectivity index is 2.43. The minimum atomic E-state index is -0.236. The van der Waals surface area contributed by atoms with E-state index in [4.69, 9.17) is 13.9 Å². The molecule has 0 aliphatic rings. The third kappa shape index (κ3) is 3.10. The smallest absolute Gasteiger partial charge is 0.240 e. The van der Waals surface area contributed by atoms with Crippen molar-refractivity contribution in [2.24, 2.45) is 0 Å². The van der Waals surface area contributed by atoms with Gasteiger partial charge in [0.15, 0.2) is 4.67 Å². The fourth-order valence-corrected chi connectivity index (χ4v) is 2.15. The normalized spacial score (nSPS) is 12.2. The number of rotatable bonds is 6. The number of hydrogen-bond donors (Lipinski definition) is 1. The molecule has 1 atom stereocenters. The highest BCUT2D eigenvalue weighted by molar-refractivity contribution is 9.10. The van der Waals surface area contributed by atoms with Gasteiger partial charge in [-0.1, -0.05) is 6.92 Å². The number of methoxy groups -OCH3 is 2. The van der Waals surface area contributed by atoms with Crippen molar-refractivity contribution in [1.82, 2.24) is 15.3 Å². The van der Waals surface area contributed by atoms with Crippen LogP contribution in [0.25, 0.3) is 0 Å². The second kappa shape index (κ2) is 6.71. The van der Waals surface area contributed by atoms with Gasteiger partial charge in [0.1, 0.15) is 17.5 Å². The summed E-state index contributed by atoms with van der Waals surface area (Å²) in [4.78, 5) is 8.62. The van der Waals surface area contributed by atoms with Crippen LogP contribution in [-0.4, -0.2) is 30.7 Å². The lowest BCUT2D eigenvalue weighted by Gasteiger charge is -2.17. The number of hydrogen-bond acceptors (Lipinski definition) is 6. The van der Waals surface area contributed by atoms with Gasteiger partial charge in [-0.05, 0) is 34.6 Å². The highest BCUT2D eigenvalue weighted by Gasteiger charge is 2.23. The van der Waals surface area contributed by atoms with E-state index in [0.29, 0.717) is 22.1 Å². The third-order valence-corrected chi connectivity index (χ3v) is 3.13. The standard InChI is InChI=1S/C13H16BrN3O3/c1-4-15-11(8-5-6-9(14)20-8)12-13(19-3)17-10(18-2)7-16-12/h5-7,11,15H,4H2,1-3H3. The SMILES string of the molecule is CCNC(c1ccc(Br)o1)c1ncc(OC)nc1OC. The fraction of sp³-hybridized carbons (Fsp3) is 0.385. The zero-order chi connectivity index (χ0) is 14.5. The van der Waals surface area contributed by atoms with Crippen LogP contribution < -0.4 is 14.8 Å². The van der Waals surface area contributed by atoms with Gasteiger partial charge in [0.05, 0.1) is 20.4 Å². The van der Waals surface area contributed by atoms with Gasteiger partial charge in [0.2, 0.25) is 11.8 Å². The average Bonchev–Trinajstić information content (AvgIpc) is 2.90. The first kappa shape index (κ1) is 14.8. The lowest BCUT2D eigenvalue weighted by Crippen LogP contribution is -2.23. The summed E-state index contributed by atoms with van der Waals surface area (Å²) in [6.45, 7) is 2.76. The topological polar surface area (TPSA) is 69.4 Å². The monoisotopic (exact) mass is 341 g/mol. The number of ether oxygens (including phenoxy) is 2. The Morgan fingerprint density at radius 3 is 2.70 bits per heavy atom. The van der Waals surface area contributed by atoms with E-state index in [-0.39, 0.29) is 6.04 Å². The summed E-state index contributed by atoms with van der Waals surface area (Å²) in [7, 11) is 3.09. The molecule has 0 aliphatic carbocycles. The summed E-state index contributed by atoms with van der Waals surface area (Å²) < 4.78 is 16.6. The van der Waals surface area contributed by atoms with E-state index in [9.17, 15) is 0 Å². The molecule has 20 heavy (non-hydrogen) atoms. The number of furan rings is 1. The van der Waals surface area contributed by atoms with Gasteiger partial charge in [-0.3, -0.25) is 0 Å². The Labute approximate surface area is 125 Å². The minimum absolute atomic E-state index is 0.236. The number of aromatic nitrogens is 2. The van der Waals surface area contributed by atoms with Crippen LogP contribution in [0.1, 0.15) is 24.4 Å². The van der Waals surface area contributed by atoms with Crippen LogP contribution in [0.3, 0.4) is 0 Å². The van der Waals surface area contributed by atoms with Crippen molar-refractivity contribution in [3.63, 3.8) is 0 Å². The Morgan fingerprint density at radius 1 is 1.35 bits per heavy atom. The molecule has 0 bridgehead atoms. The molecule has 7 heteroatoms. The van der Waals surface area contributed by atoms with Crippen LogP contribution in [-0.2, 0) is 0 Å². The molecule has 2 aromatic heterocycles. The maximum absolute atomic E-state index is 5.61. The highest BCUT2D eigenvalue weighted by atomic mass is 79.9. The van der Waals surface area contributed by atoms with Crippen LogP contribution in [0.2, 0.25) is 0 Å². The van der Waals surface area contributed by atoms with Gasteiger partial charge in [-0.2, -0.15) is 4.98 Å². The molecule has 1 N–H and O–H groups in total. The minimum Gasteiger partial charge on any atom is -0.480 e. The van der Waals surface area contributed by atoms with Crippen molar-refractivity contribution < 1.29 is 13.9 Å². The van der Waals surface area contributed by atoms with E-state index in [0.717, 1.165) is 12.3 Å². The molecule has 1 unspecified atom stereocenters. The molecule has 6 nitrogen and oxygen atoms in total. The van der Waals surface area contributed by atoms with Crippen LogP contribution in [0.4, 0.5) is 0 Å². The van der Waals surface area contributed by atoms with Crippen LogP contribution in [0.15, 0.2) is 27.4 Å². The van der Waals surface area contributed by atoms with Gasteiger partial charge in [-0.15, -0.1) is 0 Å². The van der Waals surface area contributed by atoms with Crippen molar-refractivity contribution >= 4 is 15.9 Å². The fourth-order valence-electron chi connectivity index (χ4n) is 1.83. The molecule has 0 aromatic carbocycles. The first-order chi connectivity index (χ1) is 9.69. The Morgan fingerprint density at radius 2 is 2.15 bits per heavy atom. The van der Waals surface area contributed by atoms with Crippen molar-refractivity contribution in [3.05, 3.63) is 34.5 Å². The molecule has 0 saturated carbocycles. The predicted molar refractivity (Wildman–Crippen MR) is 77.1 cm³/mol. The Kier molecular flexibility index (Phi) is 4.97.